The number of pyridine rings is 1. The van der Waals surface area contributed by atoms with Crippen LogP contribution in [-0.2, 0) is 4.79 Å². The summed E-state index contributed by atoms with van der Waals surface area (Å²) in [5.74, 6) is -2.39. The molecule has 0 bridgehead atoms. The average molecular weight is 316 g/mol. The number of ether oxygens (including phenoxy) is 1. The third kappa shape index (κ3) is 2.92. The van der Waals surface area contributed by atoms with Crippen molar-refractivity contribution in [1.29, 1.82) is 0 Å². The molecule has 0 amide bonds. The number of fused-ring (bicyclic) bond motifs is 1. The summed E-state index contributed by atoms with van der Waals surface area (Å²) in [6.45, 7) is -0.613. The summed E-state index contributed by atoms with van der Waals surface area (Å²) < 4.78 is 5.06. The number of aliphatic carboxylic acids is 1. The van der Waals surface area contributed by atoms with Crippen LogP contribution in [-0.4, -0.2) is 33.7 Å². The van der Waals surface area contributed by atoms with E-state index in [1.807, 2.05) is 0 Å². The zero-order valence-corrected chi connectivity index (χ0v) is 11.3. The SMILES string of the molecule is O=C(O)COc1cc(C(=O)O)nc2cc(Cl)c(Cl)cc12. The van der Waals surface area contributed by atoms with Crippen LogP contribution in [0.3, 0.4) is 0 Å². The Bertz CT molecular complexity index is 717. The molecule has 0 aliphatic heterocycles. The van der Waals surface area contributed by atoms with E-state index in [4.69, 9.17) is 38.2 Å². The Kier molecular flexibility index (Phi) is 3.96. The minimum absolute atomic E-state index is 0.0633. The Morgan fingerprint density at radius 2 is 1.80 bits per heavy atom. The molecular formula is C12H7Cl2NO5. The molecule has 1 heterocycles. The zero-order chi connectivity index (χ0) is 14.9. The number of aromatic nitrogens is 1. The number of rotatable bonds is 4. The summed E-state index contributed by atoms with van der Waals surface area (Å²) in [6.07, 6.45) is 0. The largest absolute Gasteiger partial charge is 0.481 e. The summed E-state index contributed by atoms with van der Waals surface area (Å²) in [4.78, 5) is 25.4. The van der Waals surface area contributed by atoms with Crippen LogP contribution >= 0.6 is 23.2 Å². The van der Waals surface area contributed by atoms with Crippen LogP contribution in [0.25, 0.3) is 10.9 Å². The van der Waals surface area contributed by atoms with Crippen molar-refractivity contribution in [2.75, 3.05) is 6.61 Å². The number of carbonyl (C=O) groups is 2. The highest BCUT2D eigenvalue weighted by molar-refractivity contribution is 6.42. The van der Waals surface area contributed by atoms with E-state index in [0.717, 1.165) is 6.07 Å². The first-order valence-corrected chi connectivity index (χ1v) is 6.01. The van der Waals surface area contributed by atoms with Crippen molar-refractivity contribution in [3.8, 4) is 5.75 Å². The predicted molar refractivity (Wildman–Crippen MR) is 71.9 cm³/mol. The molecule has 104 valence electrons. The van der Waals surface area contributed by atoms with Crippen LogP contribution in [0, 0.1) is 0 Å². The van der Waals surface area contributed by atoms with Gasteiger partial charge in [-0.25, -0.2) is 14.6 Å². The molecular weight excluding hydrogens is 309 g/mol. The van der Waals surface area contributed by atoms with Crippen LogP contribution in [0.15, 0.2) is 18.2 Å². The summed E-state index contributed by atoms with van der Waals surface area (Å²) in [6, 6.07) is 3.96. The van der Waals surface area contributed by atoms with E-state index in [1.54, 1.807) is 0 Å². The fourth-order valence-electron chi connectivity index (χ4n) is 1.56. The molecule has 1 aromatic heterocycles. The second-order valence-electron chi connectivity index (χ2n) is 3.78. The van der Waals surface area contributed by atoms with Gasteiger partial charge in [-0.05, 0) is 12.1 Å². The maximum atomic E-state index is 11.0. The molecule has 0 unspecified atom stereocenters. The molecule has 0 aliphatic rings. The molecule has 0 saturated heterocycles. The first kappa shape index (κ1) is 14.4. The quantitative estimate of drug-likeness (QED) is 0.900. The van der Waals surface area contributed by atoms with Crippen LogP contribution in [0.2, 0.25) is 10.0 Å². The highest BCUT2D eigenvalue weighted by atomic mass is 35.5. The van der Waals surface area contributed by atoms with E-state index in [-0.39, 0.29) is 27.0 Å². The van der Waals surface area contributed by atoms with Gasteiger partial charge in [0.1, 0.15) is 5.75 Å². The highest BCUT2D eigenvalue weighted by Gasteiger charge is 2.14. The van der Waals surface area contributed by atoms with Gasteiger partial charge in [0, 0.05) is 11.5 Å². The summed E-state index contributed by atoms with van der Waals surface area (Å²) in [7, 11) is 0. The van der Waals surface area contributed by atoms with Crippen molar-refractivity contribution in [3.63, 3.8) is 0 Å². The number of hydrogen-bond donors (Lipinski definition) is 2. The van der Waals surface area contributed by atoms with Crippen LogP contribution in [0.1, 0.15) is 10.5 Å². The molecule has 8 heteroatoms. The van der Waals surface area contributed by atoms with E-state index in [0.29, 0.717) is 5.39 Å². The number of hydrogen-bond acceptors (Lipinski definition) is 4. The standard InChI is InChI=1S/C12H7Cl2NO5/c13-6-1-5-8(2-7(6)14)15-9(12(18)19)3-10(5)20-4-11(16)17/h1-3H,4H2,(H,16,17)(H,18,19). The summed E-state index contributed by atoms with van der Waals surface area (Å²) in [5, 5.41) is 18.4. The molecule has 0 radical (unpaired) electrons. The first-order valence-electron chi connectivity index (χ1n) is 5.26. The third-order valence-corrected chi connectivity index (χ3v) is 3.11. The zero-order valence-electron chi connectivity index (χ0n) is 9.76. The van der Waals surface area contributed by atoms with E-state index < -0.39 is 18.5 Å². The maximum Gasteiger partial charge on any atom is 0.354 e. The van der Waals surface area contributed by atoms with Crippen molar-refractivity contribution in [3.05, 3.63) is 33.9 Å². The van der Waals surface area contributed by atoms with Gasteiger partial charge in [0.15, 0.2) is 12.3 Å². The van der Waals surface area contributed by atoms with Gasteiger partial charge in [-0.15, -0.1) is 0 Å². The van der Waals surface area contributed by atoms with E-state index in [2.05, 4.69) is 4.98 Å². The summed E-state index contributed by atoms with van der Waals surface area (Å²) >= 11 is 11.7. The van der Waals surface area contributed by atoms with Crippen LogP contribution in [0.5, 0.6) is 5.75 Å². The maximum absolute atomic E-state index is 11.0. The van der Waals surface area contributed by atoms with Gasteiger partial charge < -0.3 is 14.9 Å². The Hall–Kier alpha value is -2.05. The Morgan fingerprint density at radius 3 is 2.40 bits per heavy atom. The van der Waals surface area contributed by atoms with Gasteiger partial charge in [-0.2, -0.15) is 0 Å². The lowest BCUT2D eigenvalue weighted by molar-refractivity contribution is -0.139. The van der Waals surface area contributed by atoms with E-state index >= 15 is 0 Å². The molecule has 2 aromatic rings. The van der Waals surface area contributed by atoms with E-state index in [9.17, 15) is 9.59 Å². The number of nitrogens with zero attached hydrogens (tertiary/aromatic N) is 1. The Morgan fingerprint density at radius 1 is 1.15 bits per heavy atom. The molecule has 0 atom stereocenters. The summed E-state index contributed by atoms with van der Waals surface area (Å²) in [5.41, 5.74) is -0.0315. The van der Waals surface area contributed by atoms with Gasteiger partial charge in [0.25, 0.3) is 0 Å². The van der Waals surface area contributed by atoms with Gasteiger partial charge in [-0.3, -0.25) is 0 Å². The molecule has 20 heavy (non-hydrogen) atoms. The lowest BCUT2D eigenvalue weighted by atomic mass is 10.2. The molecule has 6 nitrogen and oxygen atoms in total. The molecule has 0 fully saturated rings. The second-order valence-corrected chi connectivity index (χ2v) is 4.59. The highest BCUT2D eigenvalue weighted by Crippen LogP contribution is 2.32. The molecule has 2 rings (SSSR count). The van der Waals surface area contributed by atoms with Gasteiger partial charge >= 0.3 is 11.9 Å². The van der Waals surface area contributed by atoms with Crippen molar-refractivity contribution < 1.29 is 24.5 Å². The van der Waals surface area contributed by atoms with Crippen molar-refractivity contribution >= 4 is 46.0 Å². The van der Waals surface area contributed by atoms with Gasteiger partial charge in [0.05, 0.1) is 15.6 Å². The predicted octanol–water partition coefficient (Wildman–Crippen LogP) is 2.70. The van der Waals surface area contributed by atoms with Crippen molar-refractivity contribution in [2.24, 2.45) is 0 Å². The van der Waals surface area contributed by atoms with Crippen molar-refractivity contribution in [2.45, 2.75) is 0 Å². The number of aromatic carboxylic acids is 1. The third-order valence-electron chi connectivity index (χ3n) is 2.38. The van der Waals surface area contributed by atoms with Gasteiger partial charge in [-0.1, -0.05) is 23.2 Å². The van der Waals surface area contributed by atoms with Gasteiger partial charge in [0.2, 0.25) is 0 Å². The lowest BCUT2D eigenvalue weighted by Gasteiger charge is -2.09. The monoisotopic (exact) mass is 315 g/mol. The molecule has 0 aliphatic carbocycles. The average Bonchev–Trinajstić information content (AvgIpc) is 2.37. The number of benzene rings is 1. The van der Waals surface area contributed by atoms with Crippen molar-refractivity contribution in [1.82, 2.24) is 4.98 Å². The topological polar surface area (TPSA) is 96.7 Å². The first-order chi connectivity index (χ1) is 9.38. The molecule has 0 saturated carbocycles. The molecule has 0 spiro atoms. The lowest BCUT2D eigenvalue weighted by Crippen LogP contribution is -2.11. The number of halogens is 2. The minimum atomic E-state index is -1.27. The fraction of sp³-hybridized carbons (Fsp3) is 0.0833. The van der Waals surface area contributed by atoms with Crippen LogP contribution < -0.4 is 4.74 Å². The minimum Gasteiger partial charge on any atom is -0.481 e. The number of carboxylic acid groups (broad SMARTS) is 2. The molecule has 2 N–H and O–H groups in total. The van der Waals surface area contributed by atoms with E-state index in [1.165, 1.54) is 12.1 Å². The Labute approximate surface area is 122 Å². The number of carboxylic acids is 2. The fourth-order valence-corrected chi connectivity index (χ4v) is 1.88. The van der Waals surface area contributed by atoms with Crippen LogP contribution in [0.4, 0.5) is 0 Å². The second kappa shape index (κ2) is 5.52. The smallest absolute Gasteiger partial charge is 0.354 e. The molecule has 1 aromatic carbocycles. The Balaban J connectivity index is 2.64. The normalized spacial score (nSPS) is 10.5.